The predicted molar refractivity (Wildman–Crippen MR) is 107 cm³/mol. The topological polar surface area (TPSA) is 109 Å². The van der Waals surface area contributed by atoms with E-state index in [0.29, 0.717) is 12.4 Å². The number of benzene rings is 1. The van der Waals surface area contributed by atoms with Crippen molar-refractivity contribution in [2.24, 2.45) is 0 Å². The van der Waals surface area contributed by atoms with Gasteiger partial charge in [0.05, 0.1) is 13.5 Å². The number of urea groups is 1. The van der Waals surface area contributed by atoms with Crippen LogP contribution < -0.4 is 20.7 Å². The average Bonchev–Trinajstić information content (AvgIpc) is 2.97. The summed E-state index contributed by atoms with van der Waals surface area (Å²) < 4.78 is 5.07. The summed E-state index contributed by atoms with van der Waals surface area (Å²) in [6.07, 6.45) is 1.65. The number of methoxy groups -OCH3 is 1. The number of amides is 4. The first-order valence-corrected chi connectivity index (χ1v) is 9.31. The molecule has 1 fully saturated rings. The van der Waals surface area contributed by atoms with Crippen molar-refractivity contribution in [3.8, 4) is 17.0 Å². The van der Waals surface area contributed by atoms with Gasteiger partial charge in [-0.15, -0.1) is 0 Å². The van der Waals surface area contributed by atoms with Crippen molar-refractivity contribution in [1.29, 1.82) is 0 Å². The molecule has 152 valence electrons. The number of hydrogen-bond donors (Lipinski definition) is 3. The van der Waals surface area contributed by atoms with Crippen molar-refractivity contribution in [3.63, 3.8) is 0 Å². The van der Waals surface area contributed by atoms with Gasteiger partial charge in [0.1, 0.15) is 5.54 Å². The molecule has 3 rings (SSSR count). The standard InChI is InChI=1S/C21H24N4O4/c1-13(11-22-17(26)10-21(2)19(27)24-20(28)25-21)14-4-6-15(7-5-14)16-8-9-18(29-3)23-12-16/h4-9,12-13H,10-11H2,1-3H3,(H,22,26)(H2,24,25,27,28). The number of ether oxygens (including phenoxy) is 1. The SMILES string of the molecule is COc1ccc(-c2ccc(C(C)CNC(=O)CC3(C)NC(=O)NC3=O)cc2)cn1. The molecular weight excluding hydrogens is 372 g/mol. The van der Waals surface area contributed by atoms with Gasteiger partial charge in [0.25, 0.3) is 5.91 Å². The van der Waals surface area contributed by atoms with Crippen LogP contribution in [-0.2, 0) is 9.59 Å². The highest BCUT2D eigenvalue weighted by Crippen LogP contribution is 2.23. The highest BCUT2D eigenvalue weighted by molar-refractivity contribution is 6.08. The summed E-state index contributed by atoms with van der Waals surface area (Å²) in [4.78, 5) is 39.5. The third-order valence-electron chi connectivity index (χ3n) is 5.00. The van der Waals surface area contributed by atoms with E-state index in [1.807, 2.05) is 43.3 Å². The lowest BCUT2D eigenvalue weighted by Crippen LogP contribution is -2.47. The van der Waals surface area contributed by atoms with Crippen molar-refractivity contribution < 1.29 is 19.1 Å². The summed E-state index contributed by atoms with van der Waals surface area (Å²) in [6, 6.07) is 11.2. The minimum absolute atomic E-state index is 0.0850. The van der Waals surface area contributed by atoms with Crippen LogP contribution in [0.2, 0.25) is 0 Å². The normalized spacial score (nSPS) is 19.3. The van der Waals surface area contributed by atoms with E-state index in [9.17, 15) is 14.4 Å². The van der Waals surface area contributed by atoms with Crippen LogP contribution in [0.4, 0.5) is 4.79 Å². The largest absolute Gasteiger partial charge is 0.481 e. The average molecular weight is 396 g/mol. The lowest BCUT2D eigenvalue weighted by molar-refractivity contribution is -0.129. The molecule has 0 spiro atoms. The summed E-state index contributed by atoms with van der Waals surface area (Å²) in [5.41, 5.74) is 1.89. The number of carbonyl (C=O) groups excluding carboxylic acids is 3. The predicted octanol–water partition coefficient (Wildman–Crippen LogP) is 1.97. The zero-order valence-corrected chi connectivity index (χ0v) is 16.6. The highest BCUT2D eigenvalue weighted by atomic mass is 16.5. The van der Waals surface area contributed by atoms with Gasteiger partial charge in [0.15, 0.2) is 0 Å². The lowest BCUT2D eigenvalue weighted by atomic mass is 9.96. The molecule has 0 saturated carbocycles. The Hall–Kier alpha value is -3.42. The number of hydrogen-bond acceptors (Lipinski definition) is 5. The maximum atomic E-state index is 12.2. The fourth-order valence-electron chi connectivity index (χ4n) is 3.15. The molecule has 1 aromatic heterocycles. The van der Waals surface area contributed by atoms with Crippen molar-refractivity contribution in [3.05, 3.63) is 48.2 Å². The Labute approximate surface area is 169 Å². The molecule has 2 atom stereocenters. The Morgan fingerprint density at radius 1 is 1.17 bits per heavy atom. The van der Waals surface area contributed by atoms with Crippen LogP contribution in [0.5, 0.6) is 5.88 Å². The van der Waals surface area contributed by atoms with Crippen LogP contribution in [0.3, 0.4) is 0 Å². The number of imide groups is 1. The van der Waals surface area contributed by atoms with Crippen molar-refractivity contribution in [1.82, 2.24) is 20.9 Å². The zero-order chi connectivity index (χ0) is 21.0. The van der Waals surface area contributed by atoms with Gasteiger partial charge in [-0.05, 0) is 30.0 Å². The molecule has 0 bridgehead atoms. The van der Waals surface area contributed by atoms with Crippen molar-refractivity contribution in [2.75, 3.05) is 13.7 Å². The van der Waals surface area contributed by atoms with Gasteiger partial charge < -0.3 is 15.4 Å². The van der Waals surface area contributed by atoms with Gasteiger partial charge in [0, 0.05) is 24.4 Å². The van der Waals surface area contributed by atoms with Gasteiger partial charge >= 0.3 is 6.03 Å². The van der Waals surface area contributed by atoms with Crippen LogP contribution in [0.1, 0.15) is 31.7 Å². The molecule has 8 nitrogen and oxygen atoms in total. The van der Waals surface area contributed by atoms with Crippen LogP contribution in [0.25, 0.3) is 11.1 Å². The van der Waals surface area contributed by atoms with E-state index in [1.165, 1.54) is 6.92 Å². The lowest BCUT2D eigenvalue weighted by Gasteiger charge is -2.20. The molecule has 1 aliphatic rings. The van der Waals surface area contributed by atoms with E-state index in [-0.39, 0.29) is 18.2 Å². The Morgan fingerprint density at radius 3 is 2.41 bits per heavy atom. The molecule has 0 aliphatic carbocycles. The molecular formula is C21H24N4O4. The third kappa shape index (κ3) is 4.71. The fourth-order valence-corrected chi connectivity index (χ4v) is 3.15. The first kappa shape index (κ1) is 20.3. The Morgan fingerprint density at radius 2 is 1.86 bits per heavy atom. The molecule has 1 aromatic carbocycles. The number of rotatable bonds is 7. The van der Waals surface area contributed by atoms with Crippen LogP contribution >= 0.6 is 0 Å². The van der Waals surface area contributed by atoms with Crippen LogP contribution in [0, 0.1) is 0 Å². The monoisotopic (exact) mass is 396 g/mol. The van der Waals surface area contributed by atoms with Crippen LogP contribution in [0.15, 0.2) is 42.6 Å². The van der Waals surface area contributed by atoms with Crippen molar-refractivity contribution >= 4 is 17.8 Å². The van der Waals surface area contributed by atoms with E-state index in [2.05, 4.69) is 20.9 Å². The number of nitrogens with zero attached hydrogens (tertiary/aromatic N) is 1. The van der Waals surface area contributed by atoms with Gasteiger partial charge in [0.2, 0.25) is 11.8 Å². The quantitative estimate of drug-likeness (QED) is 0.620. The smallest absolute Gasteiger partial charge is 0.322 e. The first-order valence-electron chi connectivity index (χ1n) is 9.31. The highest BCUT2D eigenvalue weighted by Gasteiger charge is 2.43. The number of aromatic nitrogens is 1. The van der Waals surface area contributed by atoms with E-state index in [1.54, 1.807) is 13.3 Å². The fraction of sp³-hybridized carbons (Fsp3) is 0.333. The summed E-state index contributed by atoms with van der Waals surface area (Å²) in [5, 5.41) is 7.47. The molecule has 29 heavy (non-hydrogen) atoms. The van der Waals surface area contributed by atoms with Gasteiger partial charge in [-0.25, -0.2) is 9.78 Å². The maximum absolute atomic E-state index is 12.2. The van der Waals surface area contributed by atoms with Crippen molar-refractivity contribution in [2.45, 2.75) is 31.7 Å². The second-order valence-corrected chi connectivity index (χ2v) is 7.33. The van der Waals surface area contributed by atoms with Gasteiger partial charge in [-0.3, -0.25) is 14.9 Å². The molecule has 2 unspecified atom stereocenters. The zero-order valence-electron chi connectivity index (χ0n) is 16.6. The first-order chi connectivity index (χ1) is 13.8. The van der Waals surface area contributed by atoms with E-state index in [4.69, 9.17) is 4.74 Å². The minimum Gasteiger partial charge on any atom is -0.481 e. The van der Waals surface area contributed by atoms with E-state index < -0.39 is 17.5 Å². The molecule has 4 amide bonds. The molecule has 1 aliphatic heterocycles. The number of pyridine rings is 1. The molecule has 2 aromatic rings. The number of carbonyl (C=O) groups is 3. The summed E-state index contributed by atoms with van der Waals surface area (Å²) in [7, 11) is 1.58. The minimum atomic E-state index is -1.21. The molecule has 8 heteroatoms. The molecule has 1 saturated heterocycles. The Kier molecular flexibility index (Phi) is 5.81. The molecule has 2 heterocycles. The van der Waals surface area contributed by atoms with Gasteiger partial charge in [-0.1, -0.05) is 31.2 Å². The number of nitrogens with one attached hydrogen (secondary N) is 3. The van der Waals surface area contributed by atoms with E-state index >= 15 is 0 Å². The summed E-state index contributed by atoms with van der Waals surface area (Å²) >= 11 is 0. The summed E-state index contributed by atoms with van der Waals surface area (Å²) in [6.45, 7) is 3.97. The van der Waals surface area contributed by atoms with Crippen LogP contribution in [-0.4, -0.2) is 42.0 Å². The third-order valence-corrected chi connectivity index (χ3v) is 5.00. The Bertz CT molecular complexity index is 911. The molecule has 0 radical (unpaired) electrons. The Balaban J connectivity index is 1.55. The summed E-state index contributed by atoms with van der Waals surface area (Å²) in [5.74, 6) is -0.132. The second-order valence-electron chi connectivity index (χ2n) is 7.33. The molecule has 3 N–H and O–H groups in total. The maximum Gasteiger partial charge on any atom is 0.322 e. The van der Waals surface area contributed by atoms with E-state index in [0.717, 1.165) is 16.7 Å². The van der Waals surface area contributed by atoms with Gasteiger partial charge in [-0.2, -0.15) is 0 Å². The second kappa shape index (κ2) is 8.30.